The molecule has 3 saturated carbocycles. The minimum Gasteiger partial charge on any atom is -0.456 e. The SMILES string of the molecule is C[C@]12C[C@H](O)C3(F)[C@@H](CCC4=CC(=O)C=C[C@@]43C)C1CCC2C(=O)COC(=O)CNC(=O)c1ccc(CCON(O)O)cc1. The van der Waals surface area contributed by atoms with Gasteiger partial charge in [-0.25, -0.2) is 4.39 Å². The number of allylic oxidation sites excluding steroid dienone is 4. The van der Waals surface area contributed by atoms with Gasteiger partial charge in [-0.15, -0.1) is 0 Å². The van der Waals surface area contributed by atoms with E-state index in [-0.39, 0.29) is 35.9 Å². The van der Waals surface area contributed by atoms with E-state index in [0.717, 1.165) is 5.56 Å². The van der Waals surface area contributed by atoms with Gasteiger partial charge in [0, 0.05) is 22.8 Å². The first-order valence-corrected chi connectivity index (χ1v) is 15.0. The Morgan fingerprint density at radius 3 is 2.52 bits per heavy atom. The van der Waals surface area contributed by atoms with Gasteiger partial charge in [-0.2, -0.15) is 0 Å². The lowest BCUT2D eigenvalue weighted by Gasteiger charge is -2.62. The van der Waals surface area contributed by atoms with Crippen molar-refractivity contribution in [2.75, 3.05) is 19.8 Å². The monoisotopic (exact) mass is 614 g/mol. The summed E-state index contributed by atoms with van der Waals surface area (Å²) in [5.41, 5.74) is -1.93. The molecule has 4 aliphatic carbocycles. The van der Waals surface area contributed by atoms with E-state index in [0.29, 0.717) is 43.2 Å². The molecule has 44 heavy (non-hydrogen) atoms. The van der Waals surface area contributed by atoms with Crippen molar-refractivity contribution >= 4 is 23.4 Å². The van der Waals surface area contributed by atoms with E-state index in [1.54, 1.807) is 37.3 Å². The number of amides is 1. The highest BCUT2D eigenvalue weighted by atomic mass is 19.1. The first kappa shape index (κ1) is 32.1. The summed E-state index contributed by atoms with van der Waals surface area (Å²) in [5, 5.41) is 30.6. The van der Waals surface area contributed by atoms with Gasteiger partial charge in [0.25, 0.3) is 5.91 Å². The molecule has 0 heterocycles. The van der Waals surface area contributed by atoms with Crippen molar-refractivity contribution in [2.24, 2.45) is 28.6 Å². The zero-order valence-corrected chi connectivity index (χ0v) is 24.8. The number of Topliss-reactive ketones (excluding diaryl/α,β-unsaturated/α-hetero) is 1. The third-order valence-electron chi connectivity index (χ3n) is 10.6. The molecule has 0 aliphatic heterocycles. The minimum absolute atomic E-state index is 0.0141. The van der Waals surface area contributed by atoms with Gasteiger partial charge in [0.1, 0.15) is 13.2 Å². The van der Waals surface area contributed by atoms with Gasteiger partial charge < -0.3 is 15.2 Å². The number of esters is 1. The highest BCUT2D eigenvalue weighted by Crippen LogP contribution is 2.68. The van der Waals surface area contributed by atoms with Gasteiger partial charge in [-0.3, -0.25) is 34.4 Å². The standard InChI is InChI=1S/C32H39FN2O9/c1-30-16-27(38)32(33)24(8-7-21-15-22(36)11-13-31(21,32)2)23(30)9-10-25(30)26(37)18-43-28(39)17-34-29(40)20-5-3-19(4-6-20)12-14-44-35(41)42/h3-6,11,13,15,23-25,27,38,41-42H,7-10,12,14,16-18H2,1-2H3,(H,34,40)/t23?,24-,25?,27-,30-,31-,32?/m0/s1. The van der Waals surface area contributed by atoms with Gasteiger partial charge in [0.15, 0.2) is 17.2 Å². The summed E-state index contributed by atoms with van der Waals surface area (Å²) in [7, 11) is 0. The van der Waals surface area contributed by atoms with Gasteiger partial charge in [0.05, 0.1) is 18.1 Å². The number of nitrogens with zero attached hydrogens (tertiary/aromatic N) is 1. The van der Waals surface area contributed by atoms with Gasteiger partial charge in [-0.05, 0) is 86.6 Å². The van der Waals surface area contributed by atoms with E-state index in [9.17, 15) is 24.3 Å². The van der Waals surface area contributed by atoms with Crippen LogP contribution in [0.15, 0.2) is 48.1 Å². The molecule has 238 valence electrons. The fraction of sp³-hybridized carbons (Fsp3) is 0.562. The van der Waals surface area contributed by atoms with Crippen LogP contribution in [-0.4, -0.2) is 75.9 Å². The van der Waals surface area contributed by atoms with E-state index in [2.05, 4.69) is 10.2 Å². The summed E-state index contributed by atoms with van der Waals surface area (Å²) in [6.07, 6.45) is 5.76. The molecule has 12 heteroatoms. The number of halogens is 1. The minimum atomic E-state index is -1.96. The van der Waals surface area contributed by atoms with Crippen LogP contribution in [0.2, 0.25) is 0 Å². The molecule has 0 radical (unpaired) electrons. The first-order valence-electron chi connectivity index (χ1n) is 15.0. The number of alkyl halides is 1. The molecule has 0 aromatic heterocycles. The van der Waals surface area contributed by atoms with Crippen LogP contribution in [0.1, 0.15) is 61.9 Å². The Morgan fingerprint density at radius 1 is 1.09 bits per heavy atom. The Morgan fingerprint density at radius 2 is 1.82 bits per heavy atom. The number of rotatable bonds is 10. The van der Waals surface area contributed by atoms with Crippen molar-refractivity contribution in [2.45, 2.75) is 64.1 Å². The molecule has 7 atom stereocenters. The predicted octanol–water partition coefficient (Wildman–Crippen LogP) is 3.07. The Labute approximate surface area is 254 Å². The number of hydrogen-bond donors (Lipinski definition) is 4. The van der Waals surface area contributed by atoms with Gasteiger partial charge >= 0.3 is 5.97 Å². The molecular formula is C32H39FN2O9. The number of benzene rings is 1. The van der Waals surface area contributed by atoms with Crippen molar-refractivity contribution in [3.8, 4) is 0 Å². The first-order chi connectivity index (χ1) is 20.8. The molecule has 1 amide bonds. The fourth-order valence-electron chi connectivity index (χ4n) is 8.36. The second kappa shape index (κ2) is 12.2. The lowest BCUT2D eigenvalue weighted by molar-refractivity contribution is -0.492. The van der Waals surface area contributed by atoms with Crippen LogP contribution in [0.25, 0.3) is 0 Å². The smallest absolute Gasteiger partial charge is 0.325 e. The number of aliphatic hydroxyl groups is 1. The summed E-state index contributed by atoms with van der Waals surface area (Å²) in [5.74, 6) is -2.90. The Balaban J connectivity index is 1.14. The molecule has 0 spiro atoms. The number of carbonyl (C=O) groups excluding carboxylic acids is 4. The van der Waals surface area contributed by atoms with E-state index < -0.39 is 59.5 Å². The molecule has 1 aromatic rings. The van der Waals surface area contributed by atoms with Crippen LogP contribution in [0.4, 0.5) is 4.39 Å². The van der Waals surface area contributed by atoms with Crippen molar-refractivity contribution in [1.82, 2.24) is 10.7 Å². The molecule has 3 fully saturated rings. The molecule has 3 unspecified atom stereocenters. The lowest BCUT2D eigenvalue weighted by atomic mass is 9.45. The van der Waals surface area contributed by atoms with Gasteiger partial charge in [0.2, 0.25) is 0 Å². The maximum atomic E-state index is 17.2. The van der Waals surface area contributed by atoms with Crippen LogP contribution < -0.4 is 5.32 Å². The molecule has 0 bridgehead atoms. The molecule has 1 aromatic carbocycles. The van der Waals surface area contributed by atoms with Crippen molar-refractivity contribution in [3.63, 3.8) is 0 Å². The molecule has 11 nitrogen and oxygen atoms in total. The number of ether oxygens (including phenoxy) is 1. The highest BCUT2D eigenvalue weighted by Gasteiger charge is 2.70. The Hall–Kier alpha value is -3.29. The quantitative estimate of drug-likeness (QED) is 0.228. The van der Waals surface area contributed by atoms with Crippen LogP contribution in [0.3, 0.4) is 0 Å². The number of carbonyl (C=O) groups is 4. The molecule has 4 N–H and O–H groups in total. The number of fused-ring (bicyclic) bond motifs is 5. The zero-order valence-electron chi connectivity index (χ0n) is 24.8. The lowest BCUT2D eigenvalue weighted by Crippen LogP contribution is -2.66. The molecule has 4 aliphatic rings. The molecular weight excluding hydrogens is 575 g/mol. The maximum Gasteiger partial charge on any atom is 0.325 e. The fourth-order valence-corrected chi connectivity index (χ4v) is 8.36. The average molecular weight is 615 g/mol. The third kappa shape index (κ3) is 5.65. The van der Waals surface area contributed by atoms with Crippen LogP contribution in [0, 0.1) is 28.6 Å². The summed E-state index contributed by atoms with van der Waals surface area (Å²) < 4.78 is 22.4. The highest BCUT2D eigenvalue weighted by molar-refractivity contribution is 6.01. The summed E-state index contributed by atoms with van der Waals surface area (Å²) in [6.45, 7) is 2.78. The van der Waals surface area contributed by atoms with Crippen molar-refractivity contribution < 1.29 is 48.7 Å². The molecule has 0 saturated heterocycles. The van der Waals surface area contributed by atoms with E-state index in [4.69, 9.17) is 15.2 Å². The van der Waals surface area contributed by atoms with E-state index in [1.807, 2.05) is 6.92 Å². The number of ketones is 2. The Bertz CT molecular complexity index is 1380. The summed E-state index contributed by atoms with van der Waals surface area (Å²) >= 11 is 0. The van der Waals surface area contributed by atoms with Crippen molar-refractivity contribution in [1.29, 1.82) is 0 Å². The second-order valence-corrected chi connectivity index (χ2v) is 12.8. The average Bonchev–Trinajstić information content (AvgIpc) is 3.32. The van der Waals surface area contributed by atoms with Crippen molar-refractivity contribution in [3.05, 3.63) is 59.2 Å². The largest absolute Gasteiger partial charge is 0.456 e. The Kier molecular flexibility index (Phi) is 8.94. The van der Waals surface area contributed by atoms with Crippen LogP contribution >= 0.6 is 0 Å². The van der Waals surface area contributed by atoms with Crippen LogP contribution in [0.5, 0.6) is 0 Å². The maximum absolute atomic E-state index is 17.2. The van der Waals surface area contributed by atoms with E-state index in [1.165, 1.54) is 12.2 Å². The number of nitrogens with one attached hydrogen (secondary N) is 1. The topological polar surface area (TPSA) is 163 Å². The van der Waals surface area contributed by atoms with Crippen LogP contribution in [-0.2, 0) is 30.4 Å². The predicted molar refractivity (Wildman–Crippen MR) is 152 cm³/mol. The van der Waals surface area contributed by atoms with E-state index >= 15 is 4.39 Å². The number of aliphatic hydroxyl groups excluding tert-OH is 1. The summed E-state index contributed by atoms with van der Waals surface area (Å²) in [4.78, 5) is 54.7. The number of hydrogen-bond acceptors (Lipinski definition) is 10. The zero-order chi connectivity index (χ0) is 31.9. The third-order valence-corrected chi connectivity index (χ3v) is 10.6. The molecule has 5 rings (SSSR count). The normalized spacial score (nSPS) is 34.1. The van der Waals surface area contributed by atoms with Gasteiger partial charge in [-0.1, -0.05) is 30.7 Å². The second-order valence-electron chi connectivity index (χ2n) is 12.8. The summed E-state index contributed by atoms with van der Waals surface area (Å²) in [6, 6.07) is 6.42.